The monoisotopic (exact) mass is 173 g/mol. The van der Waals surface area contributed by atoms with Crippen LogP contribution in [-0.2, 0) is 4.57 Å². The second-order valence-electron chi connectivity index (χ2n) is 1.04. The zero-order valence-electron chi connectivity index (χ0n) is 4.35. The third-order valence-electron chi connectivity index (χ3n) is 0.246. The van der Waals surface area contributed by atoms with Crippen LogP contribution in [0.2, 0.25) is 0 Å². The predicted molar refractivity (Wildman–Crippen MR) is 38.2 cm³/mol. The molecule has 0 aliphatic heterocycles. The van der Waals surface area contributed by atoms with Gasteiger partial charge in [0.1, 0.15) is 0 Å². The maximum Gasteiger partial charge on any atom is 0.451 e. The summed E-state index contributed by atoms with van der Waals surface area (Å²) in [6.07, 6.45) is 0. The molecule has 56 valence electrons. The first-order valence-corrected chi connectivity index (χ1v) is 3.15. The molecule has 0 aromatic rings. The average Bonchev–Trinajstić information content (AvgIpc) is 1.21. The van der Waals surface area contributed by atoms with E-state index in [1.54, 1.807) is 0 Å². The molecule has 0 fully saturated rings. The van der Waals surface area contributed by atoms with E-state index < -0.39 is 13.7 Å². The number of nitrogens with two attached hydrogens (primary N) is 2. The van der Waals surface area contributed by atoms with Crippen molar-refractivity contribution in [3.05, 3.63) is 0 Å². The molecule has 8 heteroatoms. The van der Waals surface area contributed by atoms with E-state index in [9.17, 15) is 4.57 Å². The standard InChI is InChI=1S/CH6N3O3P.H2S/c2-1(3)4-8(5,6)7;/h(H6,2,3,4,5,6,7);1H2. The van der Waals surface area contributed by atoms with Gasteiger partial charge in [-0.2, -0.15) is 13.5 Å². The Labute approximate surface area is 58.6 Å². The Bertz CT molecular complexity index is 147. The van der Waals surface area contributed by atoms with E-state index in [1.165, 1.54) is 0 Å². The quantitative estimate of drug-likeness (QED) is 0.217. The predicted octanol–water partition coefficient (Wildman–Crippen LogP) is -1.53. The lowest BCUT2D eigenvalue weighted by molar-refractivity contribution is 0.375. The van der Waals surface area contributed by atoms with Gasteiger partial charge >= 0.3 is 7.75 Å². The molecule has 0 saturated carbocycles. The molecule has 0 rings (SSSR count). The van der Waals surface area contributed by atoms with Gasteiger partial charge in [-0.05, 0) is 0 Å². The molecule has 9 heavy (non-hydrogen) atoms. The van der Waals surface area contributed by atoms with Gasteiger partial charge in [0.2, 0.25) is 0 Å². The zero-order chi connectivity index (χ0) is 6.78. The third-order valence-corrected chi connectivity index (χ3v) is 0.737. The number of nitrogens with zero attached hydrogens (tertiary/aromatic N) is 1. The Kier molecular flexibility index (Phi) is 4.79. The molecule has 0 heterocycles. The fourth-order valence-corrected chi connectivity index (χ4v) is 0.451. The van der Waals surface area contributed by atoms with E-state index in [0.29, 0.717) is 0 Å². The lowest BCUT2D eigenvalue weighted by Gasteiger charge is -1.92. The van der Waals surface area contributed by atoms with Crippen molar-refractivity contribution in [1.82, 2.24) is 0 Å². The van der Waals surface area contributed by atoms with Crippen molar-refractivity contribution in [3.8, 4) is 0 Å². The summed E-state index contributed by atoms with van der Waals surface area (Å²) in [5, 5.41) is 0. The fourth-order valence-electron chi connectivity index (χ4n) is 0.150. The third kappa shape index (κ3) is 11.4. The normalized spacial score (nSPS) is 9.56. The zero-order valence-corrected chi connectivity index (χ0v) is 6.25. The lowest BCUT2D eigenvalue weighted by atomic mass is 11.1. The van der Waals surface area contributed by atoms with Gasteiger partial charge in [-0.3, -0.25) is 0 Å². The van der Waals surface area contributed by atoms with Crippen molar-refractivity contribution in [2.24, 2.45) is 16.2 Å². The van der Waals surface area contributed by atoms with Gasteiger partial charge < -0.3 is 21.3 Å². The van der Waals surface area contributed by atoms with E-state index in [0.717, 1.165) is 0 Å². The van der Waals surface area contributed by atoms with Crippen LogP contribution in [0, 0.1) is 0 Å². The molecular formula is CH8N3O3PS. The van der Waals surface area contributed by atoms with E-state index in [2.05, 4.69) is 16.2 Å². The number of hydrogen-bond acceptors (Lipinski definition) is 1. The average molecular weight is 173 g/mol. The summed E-state index contributed by atoms with van der Waals surface area (Å²) >= 11 is 0. The topological polar surface area (TPSA) is 122 Å². The maximum atomic E-state index is 9.79. The number of rotatable bonds is 1. The molecule has 0 aromatic heterocycles. The molecule has 0 saturated heterocycles. The van der Waals surface area contributed by atoms with Crippen LogP contribution in [0.4, 0.5) is 0 Å². The van der Waals surface area contributed by atoms with E-state index in [-0.39, 0.29) is 13.5 Å². The minimum atomic E-state index is -4.38. The number of guanidine groups is 1. The van der Waals surface area contributed by atoms with Gasteiger partial charge in [0.05, 0.1) is 0 Å². The van der Waals surface area contributed by atoms with Crippen molar-refractivity contribution >= 4 is 27.2 Å². The molecule has 0 aromatic carbocycles. The first kappa shape index (κ1) is 11.6. The van der Waals surface area contributed by atoms with Crippen molar-refractivity contribution in [2.75, 3.05) is 0 Å². The summed E-state index contributed by atoms with van der Waals surface area (Å²) in [5.41, 5.74) is 9.23. The molecule has 0 amide bonds. The van der Waals surface area contributed by atoms with Crippen LogP contribution in [0.15, 0.2) is 4.76 Å². The van der Waals surface area contributed by atoms with E-state index in [1.807, 2.05) is 0 Å². The second kappa shape index (κ2) is 3.73. The summed E-state index contributed by atoms with van der Waals surface area (Å²) in [6, 6.07) is 0. The van der Waals surface area contributed by atoms with Crippen LogP contribution in [0.25, 0.3) is 0 Å². The summed E-state index contributed by atoms with van der Waals surface area (Å²) < 4.78 is 12.3. The molecule has 6 N–H and O–H groups in total. The van der Waals surface area contributed by atoms with Crippen LogP contribution in [0.5, 0.6) is 0 Å². The molecule has 0 bridgehead atoms. The van der Waals surface area contributed by atoms with Crippen LogP contribution in [0.1, 0.15) is 0 Å². The highest BCUT2D eigenvalue weighted by Crippen LogP contribution is 2.35. The summed E-state index contributed by atoms with van der Waals surface area (Å²) in [7, 11) is -4.38. The fraction of sp³-hybridized carbons (Fsp3) is 0. The highest BCUT2D eigenvalue weighted by molar-refractivity contribution is 7.59. The smallest absolute Gasteiger partial charge is 0.370 e. The Morgan fingerprint density at radius 3 is 1.78 bits per heavy atom. The molecular weight excluding hydrogens is 165 g/mol. The van der Waals surface area contributed by atoms with Gasteiger partial charge in [0, 0.05) is 0 Å². The molecule has 6 nitrogen and oxygen atoms in total. The molecule has 0 spiro atoms. The van der Waals surface area contributed by atoms with Crippen LogP contribution in [0.3, 0.4) is 0 Å². The second-order valence-corrected chi connectivity index (χ2v) is 2.26. The highest BCUT2D eigenvalue weighted by Gasteiger charge is 2.08. The van der Waals surface area contributed by atoms with Gasteiger partial charge in [-0.15, -0.1) is 4.76 Å². The van der Waals surface area contributed by atoms with E-state index >= 15 is 0 Å². The van der Waals surface area contributed by atoms with Gasteiger partial charge in [-0.25, -0.2) is 4.57 Å². The molecule has 0 atom stereocenters. The van der Waals surface area contributed by atoms with Crippen molar-refractivity contribution in [3.63, 3.8) is 0 Å². The van der Waals surface area contributed by atoms with Crippen molar-refractivity contribution in [1.29, 1.82) is 0 Å². The van der Waals surface area contributed by atoms with Crippen molar-refractivity contribution in [2.45, 2.75) is 0 Å². The minimum absolute atomic E-state index is 0. The summed E-state index contributed by atoms with van der Waals surface area (Å²) in [5.74, 6) is -0.613. The molecule has 0 aliphatic rings. The first-order valence-electron chi connectivity index (χ1n) is 1.58. The molecule has 0 aliphatic carbocycles. The largest absolute Gasteiger partial charge is 0.451 e. The Hall–Kier alpha value is -0.230. The summed E-state index contributed by atoms with van der Waals surface area (Å²) in [6.45, 7) is 0. The Morgan fingerprint density at radius 2 is 1.78 bits per heavy atom. The minimum Gasteiger partial charge on any atom is -0.370 e. The molecule has 0 radical (unpaired) electrons. The van der Waals surface area contributed by atoms with E-state index in [4.69, 9.17) is 9.79 Å². The highest BCUT2D eigenvalue weighted by atomic mass is 32.1. The van der Waals surface area contributed by atoms with Crippen LogP contribution in [-0.4, -0.2) is 15.7 Å². The van der Waals surface area contributed by atoms with Crippen molar-refractivity contribution < 1.29 is 14.4 Å². The van der Waals surface area contributed by atoms with Gasteiger partial charge in [-0.1, -0.05) is 0 Å². The van der Waals surface area contributed by atoms with Crippen LogP contribution < -0.4 is 11.5 Å². The number of hydrogen-bond donors (Lipinski definition) is 4. The maximum absolute atomic E-state index is 9.79. The lowest BCUT2D eigenvalue weighted by Crippen LogP contribution is -2.22. The van der Waals surface area contributed by atoms with Gasteiger partial charge in [0.15, 0.2) is 5.96 Å². The van der Waals surface area contributed by atoms with Gasteiger partial charge in [0.25, 0.3) is 0 Å². The first-order chi connectivity index (χ1) is 3.42. The Balaban J connectivity index is 0. The van der Waals surface area contributed by atoms with Crippen LogP contribution >= 0.6 is 21.2 Å². The molecule has 0 unspecified atom stereocenters. The summed E-state index contributed by atoms with van der Waals surface area (Å²) in [4.78, 5) is 15.9. The SMILES string of the molecule is NC(N)=NP(=O)(O)O.S. The Morgan fingerprint density at radius 1 is 1.44 bits per heavy atom.